The number of hydrogen-bond acceptors (Lipinski definition) is 5. The van der Waals surface area contributed by atoms with Crippen LogP contribution in [0.1, 0.15) is 17.3 Å². The molecular weight excluding hydrogens is 344 g/mol. The van der Waals surface area contributed by atoms with Gasteiger partial charge in [-0.15, -0.1) is 0 Å². The van der Waals surface area contributed by atoms with Gasteiger partial charge < -0.3 is 14.5 Å². The Hall–Kier alpha value is -2.38. The van der Waals surface area contributed by atoms with E-state index in [4.69, 9.17) is 12.2 Å². The average molecular weight is 357 g/mol. The highest BCUT2D eigenvalue weighted by Gasteiger charge is 2.38. The number of thioether (sulfide) groups is 1. The van der Waals surface area contributed by atoms with Gasteiger partial charge in [0.2, 0.25) is 0 Å². The summed E-state index contributed by atoms with van der Waals surface area (Å²) in [7, 11) is 1.86. The molecule has 0 aliphatic carbocycles. The van der Waals surface area contributed by atoms with Gasteiger partial charge in [-0.1, -0.05) is 54.3 Å². The summed E-state index contributed by atoms with van der Waals surface area (Å²) in [6.45, 7) is 0. The van der Waals surface area contributed by atoms with E-state index in [1.165, 1.54) is 0 Å². The van der Waals surface area contributed by atoms with E-state index in [0.717, 1.165) is 22.4 Å². The molecule has 5 nitrogen and oxygen atoms in total. The molecule has 1 saturated heterocycles. The molecule has 2 heterocycles. The zero-order chi connectivity index (χ0) is 17.3. The molecule has 1 aliphatic heterocycles. The highest BCUT2D eigenvalue weighted by Crippen LogP contribution is 2.38. The Morgan fingerprint density at radius 3 is 2.54 bits per heavy atom. The van der Waals surface area contributed by atoms with Crippen molar-refractivity contribution in [3.8, 4) is 0 Å². The van der Waals surface area contributed by atoms with Crippen molar-refractivity contribution in [3.63, 3.8) is 0 Å². The monoisotopic (exact) mass is 357 g/mol. The molecule has 2 aromatic rings. The van der Waals surface area contributed by atoms with Crippen LogP contribution in [-0.4, -0.2) is 25.7 Å². The summed E-state index contributed by atoms with van der Waals surface area (Å²) in [5, 5.41) is 11.7. The third kappa shape index (κ3) is 3.00. The Morgan fingerprint density at radius 1 is 1.25 bits per heavy atom. The average Bonchev–Trinajstić information content (AvgIpc) is 3.07. The van der Waals surface area contributed by atoms with Crippen molar-refractivity contribution in [2.24, 2.45) is 7.05 Å². The molecule has 3 rings (SSSR count). The van der Waals surface area contributed by atoms with Crippen LogP contribution in [0.3, 0.4) is 0 Å². The molecule has 0 N–H and O–H groups in total. The van der Waals surface area contributed by atoms with Crippen LogP contribution in [0.2, 0.25) is 0 Å². The Labute approximate surface area is 148 Å². The van der Waals surface area contributed by atoms with Crippen LogP contribution in [0.5, 0.6) is 0 Å². The van der Waals surface area contributed by atoms with Gasteiger partial charge >= 0.3 is 0 Å². The van der Waals surface area contributed by atoms with E-state index < -0.39 is 17.9 Å². The van der Waals surface area contributed by atoms with Crippen LogP contribution < -0.4 is 5.11 Å². The highest BCUT2D eigenvalue weighted by atomic mass is 32.2. The van der Waals surface area contributed by atoms with Gasteiger partial charge in [-0.3, -0.25) is 9.69 Å². The molecule has 0 radical (unpaired) electrons. The normalized spacial score (nSPS) is 17.5. The lowest BCUT2D eigenvalue weighted by molar-refractivity contribution is -0.310. The maximum absolute atomic E-state index is 12.7. The molecule has 1 aromatic heterocycles. The van der Waals surface area contributed by atoms with Crippen molar-refractivity contribution in [1.82, 2.24) is 9.47 Å². The fraction of sp³-hybridized carbons (Fsp3) is 0.118. The van der Waals surface area contributed by atoms with Crippen molar-refractivity contribution in [2.75, 3.05) is 0 Å². The predicted molar refractivity (Wildman–Crippen MR) is 94.6 cm³/mol. The molecule has 1 atom stereocenters. The number of carbonyl (C=O) groups excluding carboxylic acids is 2. The molecular formula is C17H13N2O3S2-. The summed E-state index contributed by atoms with van der Waals surface area (Å²) in [6.07, 6.45) is 3.57. The number of thiocarbonyl (C=S) groups is 1. The molecule has 7 heteroatoms. The number of carbonyl (C=O) groups is 2. The largest absolute Gasteiger partial charge is 0.547 e. The molecule has 0 bridgehead atoms. The van der Waals surface area contributed by atoms with E-state index in [9.17, 15) is 14.7 Å². The summed E-state index contributed by atoms with van der Waals surface area (Å²) in [5.74, 6) is -1.79. The first-order valence-corrected chi connectivity index (χ1v) is 8.35. The number of aliphatic carboxylic acids is 1. The fourth-order valence-electron chi connectivity index (χ4n) is 2.49. The van der Waals surface area contributed by atoms with Crippen LogP contribution in [0.25, 0.3) is 6.08 Å². The third-order valence-electron chi connectivity index (χ3n) is 3.68. The van der Waals surface area contributed by atoms with Crippen LogP contribution in [0.4, 0.5) is 0 Å². The quantitative estimate of drug-likeness (QED) is 0.616. The van der Waals surface area contributed by atoms with Crippen LogP contribution in [0.15, 0.2) is 53.6 Å². The molecule has 1 amide bonds. The fourth-order valence-corrected chi connectivity index (χ4v) is 3.78. The minimum Gasteiger partial charge on any atom is -0.547 e. The lowest BCUT2D eigenvalue weighted by Crippen LogP contribution is -2.43. The van der Waals surface area contributed by atoms with E-state index in [0.29, 0.717) is 10.5 Å². The maximum Gasteiger partial charge on any atom is 0.267 e. The topological polar surface area (TPSA) is 65.4 Å². The first kappa shape index (κ1) is 16.5. The Balaban J connectivity index is 1.98. The number of amides is 1. The van der Waals surface area contributed by atoms with Gasteiger partial charge in [0.15, 0.2) is 0 Å². The summed E-state index contributed by atoms with van der Waals surface area (Å²) in [5.41, 5.74) is 1.29. The Morgan fingerprint density at radius 2 is 1.96 bits per heavy atom. The SMILES string of the molecule is Cn1cccc1/C=C1\SC(=S)N([C@H](C(=O)[O-])c2ccccc2)C1=O. The molecule has 24 heavy (non-hydrogen) atoms. The second-order valence-corrected chi connectivity index (χ2v) is 6.90. The number of benzene rings is 1. The Kier molecular flexibility index (Phi) is 4.55. The molecule has 0 spiro atoms. The summed E-state index contributed by atoms with van der Waals surface area (Å²) in [6, 6.07) is 11.0. The lowest BCUT2D eigenvalue weighted by atomic mass is 10.1. The second-order valence-electron chi connectivity index (χ2n) is 5.23. The molecule has 1 aromatic carbocycles. The number of hydrogen-bond donors (Lipinski definition) is 0. The van der Waals surface area contributed by atoms with Crippen molar-refractivity contribution in [3.05, 3.63) is 64.8 Å². The summed E-state index contributed by atoms with van der Waals surface area (Å²) < 4.78 is 2.07. The minimum absolute atomic E-state index is 0.207. The predicted octanol–water partition coefficient (Wildman–Crippen LogP) is 1.72. The van der Waals surface area contributed by atoms with Gasteiger partial charge in [0.25, 0.3) is 5.91 Å². The molecule has 1 fully saturated rings. The van der Waals surface area contributed by atoms with Gasteiger partial charge in [-0.2, -0.15) is 0 Å². The molecule has 122 valence electrons. The number of rotatable bonds is 4. The zero-order valence-electron chi connectivity index (χ0n) is 12.7. The van der Waals surface area contributed by atoms with Gasteiger partial charge in [0.1, 0.15) is 10.4 Å². The Bertz CT molecular complexity index is 843. The van der Waals surface area contributed by atoms with Crippen molar-refractivity contribution >= 4 is 46.3 Å². The number of nitrogens with zero attached hydrogens (tertiary/aromatic N) is 2. The number of aromatic nitrogens is 1. The van der Waals surface area contributed by atoms with E-state index in [1.54, 1.807) is 36.4 Å². The van der Waals surface area contributed by atoms with Crippen molar-refractivity contribution in [1.29, 1.82) is 0 Å². The first-order valence-electron chi connectivity index (χ1n) is 7.13. The number of aryl methyl sites for hydroxylation is 1. The van der Waals surface area contributed by atoms with E-state index in [2.05, 4.69) is 0 Å². The van der Waals surface area contributed by atoms with E-state index in [-0.39, 0.29) is 4.32 Å². The van der Waals surface area contributed by atoms with Crippen LogP contribution in [0, 0.1) is 0 Å². The maximum atomic E-state index is 12.7. The highest BCUT2D eigenvalue weighted by molar-refractivity contribution is 8.26. The standard InChI is InChI=1S/C17H14N2O3S2/c1-18-9-5-8-12(18)10-13-15(20)19(17(23)24-13)14(16(21)22)11-6-3-2-4-7-11/h2-10,14H,1H3,(H,21,22)/p-1/b13-10-/t14-/m0/s1. The van der Waals surface area contributed by atoms with Gasteiger partial charge in [0.05, 0.1) is 10.9 Å². The minimum atomic E-state index is -1.36. The van der Waals surface area contributed by atoms with Crippen molar-refractivity contribution in [2.45, 2.75) is 6.04 Å². The lowest BCUT2D eigenvalue weighted by Gasteiger charge is -2.27. The molecule has 0 unspecified atom stereocenters. The third-order valence-corrected chi connectivity index (χ3v) is 5.01. The van der Waals surface area contributed by atoms with Crippen molar-refractivity contribution < 1.29 is 14.7 Å². The van der Waals surface area contributed by atoms with Crippen LogP contribution >= 0.6 is 24.0 Å². The van der Waals surface area contributed by atoms with Crippen LogP contribution in [-0.2, 0) is 16.6 Å². The van der Waals surface area contributed by atoms with E-state index >= 15 is 0 Å². The van der Waals surface area contributed by atoms with Gasteiger partial charge in [-0.05, 0) is 23.8 Å². The molecule has 0 saturated carbocycles. The zero-order valence-corrected chi connectivity index (χ0v) is 14.3. The van der Waals surface area contributed by atoms with Gasteiger partial charge in [0, 0.05) is 18.9 Å². The smallest absolute Gasteiger partial charge is 0.267 e. The first-order chi connectivity index (χ1) is 11.5. The van der Waals surface area contributed by atoms with Gasteiger partial charge in [-0.25, -0.2) is 0 Å². The number of carboxylic acids is 1. The summed E-state index contributed by atoms with van der Waals surface area (Å²) in [4.78, 5) is 25.9. The second kappa shape index (κ2) is 6.62. The van der Waals surface area contributed by atoms with E-state index in [1.807, 2.05) is 29.9 Å². The number of carboxylic acid groups (broad SMARTS) is 1. The summed E-state index contributed by atoms with van der Waals surface area (Å²) >= 11 is 6.34. The molecule has 1 aliphatic rings.